The topological polar surface area (TPSA) is 104 Å². The van der Waals surface area contributed by atoms with Crippen LogP contribution >= 0.6 is 0 Å². The highest BCUT2D eigenvalue weighted by Gasteiger charge is 2.13. The van der Waals surface area contributed by atoms with Crippen molar-refractivity contribution in [1.29, 1.82) is 0 Å². The minimum absolute atomic E-state index is 0.404. The second kappa shape index (κ2) is 6.24. The van der Waals surface area contributed by atoms with Crippen molar-refractivity contribution < 1.29 is 14.7 Å². The van der Waals surface area contributed by atoms with E-state index in [1.807, 2.05) is 0 Å². The molecule has 6 heteroatoms. The van der Waals surface area contributed by atoms with Gasteiger partial charge in [-0.15, -0.1) is 0 Å². The van der Waals surface area contributed by atoms with E-state index in [0.29, 0.717) is 19.4 Å². The van der Waals surface area contributed by atoms with Gasteiger partial charge in [0.1, 0.15) is 6.04 Å². The van der Waals surface area contributed by atoms with Crippen molar-refractivity contribution in [3.63, 3.8) is 0 Å². The van der Waals surface area contributed by atoms with Gasteiger partial charge in [0.2, 0.25) is 0 Å². The number of amides is 2. The highest BCUT2D eigenvalue weighted by atomic mass is 16.4. The lowest BCUT2D eigenvalue weighted by Crippen LogP contribution is -2.35. The lowest BCUT2D eigenvalue weighted by Gasteiger charge is -2.10. The monoisotopic (exact) mass is 189 g/mol. The van der Waals surface area contributed by atoms with Crippen LogP contribution in [0.4, 0.5) is 4.79 Å². The molecule has 0 rings (SSSR count). The van der Waals surface area contributed by atoms with Crippen molar-refractivity contribution in [2.75, 3.05) is 13.6 Å². The summed E-state index contributed by atoms with van der Waals surface area (Å²) < 4.78 is 0. The van der Waals surface area contributed by atoms with Gasteiger partial charge in [-0.3, -0.25) is 4.79 Å². The van der Waals surface area contributed by atoms with E-state index in [0.717, 1.165) is 0 Å². The van der Waals surface area contributed by atoms with Gasteiger partial charge in [-0.05, 0) is 19.9 Å². The summed E-state index contributed by atoms with van der Waals surface area (Å²) in [6.07, 6.45) is 1.05. The first kappa shape index (κ1) is 11.7. The fourth-order valence-corrected chi connectivity index (χ4v) is 0.909. The number of urea groups is 1. The van der Waals surface area contributed by atoms with E-state index in [1.54, 1.807) is 7.05 Å². The predicted molar refractivity (Wildman–Crippen MR) is 47.3 cm³/mol. The first-order valence-corrected chi connectivity index (χ1v) is 4.01. The fraction of sp³-hybridized carbons (Fsp3) is 0.714. The number of hydrogen-bond donors (Lipinski definition) is 4. The normalized spacial score (nSPS) is 12.1. The van der Waals surface area contributed by atoms with Crippen LogP contribution in [0.1, 0.15) is 12.8 Å². The summed E-state index contributed by atoms with van der Waals surface area (Å²) in [4.78, 5) is 20.7. The number of nitrogens with one attached hydrogen (secondary N) is 2. The van der Waals surface area contributed by atoms with E-state index < -0.39 is 18.0 Å². The minimum atomic E-state index is -0.887. The third kappa shape index (κ3) is 5.92. The van der Waals surface area contributed by atoms with Crippen LogP contribution in [-0.4, -0.2) is 36.7 Å². The highest BCUT2D eigenvalue weighted by Crippen LogP contribution is 1.95. The summed E-state index contributed by atoms with van der Waals surface area (Å²) in [5.74, 6) is -0.887. The van der Waals surface area contributed by atoms with Gasteiger partial charge in [0.25, 0.3) is 0 Å². The largest absolute Gasteiger partial charge is 0.480 e. The van der Waals surface area contributed by atoms with Crippen molar-refractivity contribution in [3.8, 4) is 0 Å². The molecule has 0 saturated heterocycles. The van der Waals surface area contributed by atoms with E-state index >= 15 is 0 Å². The third-order valence-corrected chi connectivity index (χ3v) is 1.62. The van der Waals surface area contributed by atoms with Crippen LogP contribution in [0.2, 0.25) is 0 Å². The van der Waals surface area contributed by atoms with E-state index in [2.05, 4.69) is 10.6 Å². The zero-order valence-electron chi connectivity index (χ0n) is 7.54. The Kier molecular flexibility index (Phi) is 5.62. The molecule has 1 atom stereocenters. The first-order chi connectivity index (χ1) is 6.07. The molecule has 0 fully saturated rings. The molecule has 0 aliphatic rings. The van der Waals surface area contributed by atoms with Gasteiger partial charge in [0.15, 0.2) is 0 Å². The number of rotatable bonds is 6. The van der Waals surface area contributed by atoms with Crippen LogP contribution < -0.4 is 16.4 Å². The Balaban J connectivity index is 3.50. The van der Waals surface area contributed by atoms with Crippen molar-refractivity contribution >= 4 is 12.0 Å². The molecule has 0 bridgehead atoms. The summed E-state index contributed by atoms with van der Waals surface area (Å²) in [6, 6.07) is -1.15. The summed E-state index contributed by atoms with van der Waals surface area (Å²) in [5, 5.41) is 13.6. The van der Waals surface area contributed by atoms with Gasteiger partial charge < -0.3 is 21.5 Å². The minimum Gasteiger partial charge on any atom is -0.480 e. The molecule has 0 spiro atoms. The Labute approximate surface area is 76.5 Å². The molecule has 0 aromatic carbocycles. The molecule has 0 aliphatic carbocycles. The van der Waals surface area contributed by atoms with E-state index in [4.69, 9.17) is 10.8 Å². The molecule has 13 heavy (non-hydrogen) atoms. The van der Waals surface area contributed by atoms with Crippen LogP contribution in [0, 0.1) is 0 Å². The average Bonchev–Trinajstić information content (AvgIpc) is 2.03. The highest BCUT2D eigenvalue weighted by molar-refractivity contribution is 5.73. The van der Waals surface area contributed by atoms with Crippen LogP contribution in [0.5, 0.6) is 0 Å². The molecule has 76 valence electrons. The third-order valence-electron chi connectivity index (χ3n) is 1.62. The van der Waals surface area contributed by atoms with Gasteiger partial charge in [0.05, 0.1) is 0 Å². The Hall–Kier alpha value is -1.30. The second-order valence-corrected chi connectivity index (χ2v) is 2.61. The maximum Gasteiger partial charge on any atom is 0.320 e. The van der Waals surface area contributed by atoms with Gasteiger partial charge >= 0.3 is 12.0 Å². The molecule has 2 amide bonds. The number of carbonyl (C=O) groups excluding carboxylic acids is 1. The molecular formula is C7H15N3O3. The average molecular weight is 189 g/mol. The molecule has 0 radical (unpaired) electrons. The summed E-state index contributed by atoms with van der Waals surface area (Å²) in [7, 11) is 1.58. The number of carbonyl (C=O) groups is 2. The van der Waals surface area contributed by atoms with Crippen molar-refractivity contribution in [2.45, 2.75) is 18.9 Å². The molecule has 0 unspecified atom stereocenters. The molecule has 5 N–H and O–H groups in total. The summed E-state index contributed by atoms with van der Waals surface area (Å²) in [5.41, 5.74) is 4.82. The summed E-state index contributed by atoms with van der Waals surface area (Å²) >= 11 is 0. The van der Waals surface area contributed by atoms with E-state index in [-0.39, 0.29) is 0 Å². The van der Waals surface area contributed by atoms with Crippen LogP contribution in [0.15, 0.2) is 0 Å². The molecule has 6 nitrogen and oxygen atoms in total. The predicted octanol–water partition coefficient (Wildman–Crippen LogP) is -0.892. The lowest BCUT2D eigenvalue weighted by molar-refractivity contribution is -0.139. The molecule has 0 heterocycles. The van der Waals surface area contributed by atoms with E-state index in [1.165, 1.54) is 0 Å². The van der Waals surface area contributed by atoms with Gasteiger partial charge in [-0.25, -0.2) is 4.79 Å². The second-order valence-electron chi connectivity index (χ2n) is 2.61. The van der Waals surface area contributed by atoms with Gasteiger partial charge in [-0.1, -0.05) is 0 Å². The number of carboxylic acids is 1. The Morgan fingerprint density at radius 2 is 2.15 bits per heavy atom. The summed E-state index contributed by atoms with van der Waals surface area (Å²) in [6.45, 7) is 0.404. The zero-order valence-corrected chi connectivity index (χ0v) is 7.54. The van der Waals surface area contributed by atoms with Gasteiger partial charge in [-0.2, -0.15) is 0 Å². The first-order valence-electron chi connectivity index (χ1n) is 4.01. The number of primary amides is 1. The Bertz CT molecular complexity index is 184. The Morgan fingerprint density at radius 1 is 1.54 bits per heavy atom. The molecule has 0 saturated carbocycles. The van der Waals surface area contributed by atoms with Gasteiger partial charge in [0, 0.05) is 6.54 Å². The number of hydrogen-bond acceptors (Lipinski definition) is 3. The standard InChI is InChI=1S/C7H15N3O3/c1-9-5(6(11)12)3-2-4-10-7(8)13/h5,9H,2-4H2,1H3,(H,11,12)(H3,8,10,13)/t5-/m1/s1. The van der Waals surface area contributed by atoms with Crippen molar-refractivity contribution in [2.24, 2.45) is 5.73 Å². The van der Waals surface area contributed by atoms with Crippen LogP contribution in [0.25, 0.3) is 0 Å². The molecule has 0 aromatic rings. The van der Waals surface area contributed by atoms with Crippen LogP contribution in [-0.2, 0) is 4.79 Å². The fourth-order valence-electron chi connectivity index (χ4n) is 0.909. The zero-order chi connectivity index (χ0) is 10.3. The Morgan fingerprint density at radius 3 is 2.54 bits per heavy atom. The van der Waals surface area contributed by atoms with Crippen molar-refractivity contribution in [1.82, 2.24) is 10.6 Å². The molecule has 0 aliphatic heterocycles. The lowest BCUT2D eigenvalue weighted by atomic mass is 10.1. The van der Waals surface area contributed by atoms with Crippen LogP contribution in [0.3, 0.4) is 0 Å². The number of likely N-dealkylation sites (N-methyl/N-ethyl adjacent to an activating group) is 1. The van der Waals surface area contributed by atoms with Crippen molar-refractivity contribution in [3.05, 3.63) is 0 Å². The van der Waals surface area contributed by atoms with E-state index in [9.17, 15) is 9.59 Å². The quantitative estimate of drug-likeness (QED) is 0.407. The number of carboxylic acid groups (broad SMARTS) is 1. The maximum absolute atomic E-state index is 10.5. The maximum atomic E-state index is 10.5. The number of nitrogens with two attached hydrogens (primary N) is 1. The molecule has 0 aromatic heterocycles. The smallest absolute Gasteiger partial charge is 0.320 e. The number of aliphatic carboxylic acids is 1. The molecular weight excluding hydrogens is 174 g/mol. The SMILES string of the molecule is CN[C@H](CCCNC(N)=O)C(=O)O.